The second-order valence-electron chi connectivity index (χ2n) is 5.31. The maximum Gasteiger partial charge on any atom is 0.319 e. The van der Waals surface area contributed by atoms with Crippen LogP contribution in [0.5, 0.6) is 0 Å². The van der Waals surface area contributed by atoms with E-state index < -0.39 is 0 Å². The van der Waals surface area contributed by atoms with E-state index in [2.05, 4.69) is 5.32 Å². The van der Waals surface area contributed by atoms with Crippen LogP contribution in [0.15, 0.2) is 0 Å². The fourth-order valence-electron chi connectivity index (χ4n) is 2.69. The highest BCUT2D eigenvalue weighted by Crippen LogP contribution is 2.32. The Kier molecular flexibility index (Phi) is 3.47. The molecule has 0 bridgehead atoms. The van der Waals surface area contributed by atoms with Crippen molar-refractivity contribution in [1.82, 2.24) is 15.1 Å². The van der Waals surface area contributed by atoms with Crippen molar-refractivity contribution < 1.29 is 14.3 Å². The molecule has 2 saturated heterocycles. The molecule has 0 aromatic heterocycles. The molecule has 6 heteroatoms. The monoisotopic (exact) mass is 255 g/mol. The molecule has 1 N–H and O–H groups in total. The summed E-state index contributed by atoms with van der Waals surface area (Å²) < 4.78 is 5.76. The topological polar surface area (TPSA) is 61.9 Å². The molecular formula is C12H21N3O3. The van der Waals surface area contributed by atoms with Gasteiger partial charge in [0.05, 0.1) is 11.6 Å². The number of ether oxygens (including phenoxy) is 1. The van der Waals surface area contributed by atoms with E-state index >= 15 is 0 Å². The lowest BCUT2D eigenvalue weighted by Gasteiger charge is -2.47. The largest absolute Gasteiger partial charge is 0.363 e. The number of likely N-dealkylation sites (tertiary alicyclic amines) is 1. The van der Waals surface area contributed by atoms with Gasteiger partial charge in [-0.25, -0.2) is 4.79 Å². The minimum atomic E-state index is -0.295. The molecule has 2 heterocycles. The summed E-state index contributed by atoms with van der Waals surface area (Å²) in [5.74, 6) is -0.0556. The van der Waals surface area contributed by atoms with Crippen LogP contribution in [0.4, 0.5) is 4.79 Å². The summed E-state index contributed by atoms with van der Waals surface area (Å²) in [5, 5.41) is 2.93. The summed E-state index contributed by atoms with van der Waals surface area (Å²) in [6.45, 7) is 3.46. The number of urea groups is 1. The number of carbonyl (C=O) groups excluding carboxylic acids is 2. The molecule has 0 radical (unpaired) electrons. The summed E-state index contributed by atoms with van der Waals surface area (Å²) in [6, 6.07) is 0.0488. The minimum absolute atomic E-state index is 0.00959. The Bertz CT molecular complexity index is 348. The third-order valence-electron chi connectivity index (χ3n) is 3.92. The van der Waals surface area contributed by atoms with Crippen molar-refractivity contribution in [1.29, 1.82) is 0 Å². The Balaban J connectivity index is 1.97. The molecule has 0 unspecified atom stereocenters. The van der Waals surface area contributed by atoms with Crippen molar-refractivity contribution in [2.24, 2.45) is 0 Å². The van der Waals surface area contributed by atoms with Gasteiger partial charge in [0, 0.05) is 27.2 Å². The zero-order chi connectivity index (χ0) is 13.3. The highest BCUT2D eigenvalue weighted by molar-refractivity contribution is 5.78. The van der Waals surface area contributed by atoms with Crippen LogP contribution in [0.2, 0.25) is 0 Å². The van der Waals surface area contributed by atoms with E-state index in [9.17, 15) is 9.59 Å². The van der Waals surface area contributed by atoms with Crippen molar-refractivity contribution >= 4 is 11.9 Å². The average Bonchev–Trinajstić information content (AvgIpc) is 2.34. The van der Waals surface area contributed by atoms with E-state index in [4.69, 9.17) is 4.74 Å². The van der Waals surface area contributed by atoms with Crippen molar-refractivity contribution in [3.63, 3.8) is 0 Å². The summed E-state index contributed by atoms with van der Waals surface area (Å²) in [5.41, 5.74) is -0.295. The van der Waals surface area contributed by atoms with Gasteiger partial charge in [0.25, 0.3) is 0 Å². The molecule has 0 aliphatic carbocycles. The van der Waals surface area contributed by atoms with Crippen LogP contribution in [0.25, 0.3) is 0 Å². The first-order valence-corrected chi connectivity index (χ1v) is 6.34. The van der Waals surface area contributed by atoms with E-state index in [1.54, 1.807) is 19.0 Å². The van der Waals surface area contributed by atoms with Gasteiger partial charge in [-0.3, -0.25) is 4.79 Å². The van der Waals surface area contributed by atoms with E-state index in [-0.39, 0.29) is 30.2 Å². The number of nitrogens with zero attached hydrogens (tertiary/aromatic N) is 2. The number of amides is 3. The lowest BCUT2D eigenvalue weighted by atomic mass is 9.84. The Labute approximate surface area is 107 Å². The Morgan fingerprint density at radius 3 is 2.56 bits per heavy atom. The highest BCUT2D eigenvalue weighted by Gasteiger charge is 2.45. The standard InChI is InChI=1S/C12H21N3O3/c1-9-12(18-8-10(16)13-9)4-6-15(7-5-12)11(17)14(2)3/h9H,4-8H2,1-3H3,(H,13,16)/t9-/m1/s1. The minimum Gasteiger partial charge on any atom is -0.363 e. The predicted octanol–water partition coefficient (Wildman–Crippen LogP) is 0.0375. The van der Waals surface area contributed by atoms with Crippen molar-refractivity contribution in [2.75, 3.05) is 33.8 Å². The van der Waals surface area contributed by atoms with Gasteiger partial charge in [0.15, 0.2) is 0 Å². The van der Waals surface area contributed by atoms with E-state index in [1.165, 1.54) is 0 Å². The number of nitrogens with one attached hydrogen (secondary N) is 1. The van der Waals surface area contributed by atoms with Gasteiger partial charge >= 0.3 is 6.03 Å². The molecule has 2 fully saturated rings. The quantitative estimate of drug-likeness (QED) is 0.664. The predicted molar refractivity (Wildman–Crippen MR) is 66.2 cm³/mol. The molecule has 6 nitrogen and oxygen atoms in total. The second-order valence-corrected chi connectivity index (χ2v) is 5.31. The van der Waals surface area contributed by atoms with Gasteiger partial charge in [-0.2, -0.15) is 0 Å². The van der Waals surface area contributed by atoms with Crippen molar-refractivity contribution in [3.8, 4) is 0 Å². The summed E-state index contributed by atoms with van der Waals surface area (Å²) in [4.78, 5) is 26.5. The molecule has 0 aromatic carbocycles. The Morgan fingerprint density at radius 2 is 2.06 bits per heavy atom. The molecule has 102 valence electrons. The molecule has 2 aliphatic heterocycles. The van der Waals surface area contributed by atoms with Crippen LogP contribution in [0, 0.1) is 0 Å². The van der Waals surface area contributed by atoms with Crippen LogP contribution in [0.1, 0.15) is 19.8 Å². The van der Waals surface area contributed by atoms with E-state index in [1.807, 2.05) is 11.8 Å². The fourth-order valence-corrected chi connectivity index (χ4v) is 2.69. The third kappa shape index (κ3) is 2.29. The summed E-state index contributed by atoms with van der Waals surface area (Å²) >= 11 is 0. The van der Waals surface area contributed by atoms with E-state index in [0.29, 0.717) is 13.1 Å². The molecule has 3 amide bonds. The van der Waals surface area contributed by atoms with Crippen LogP contribution >= 0.6 is 0 Å². The number of carbonyl (C=O) groups is 2. The number of morpholine rings is 1. The molecule has 0 saturated carbocycles. The SMILES string of the molecule is C[C@H]1NC(=O)COC12CCN(C(=O)N(C)C)CC2. The van der Waals surface area contributed by atoms with Crippen LogP contribution in [0.3, 0.4) is 0 Å². The van der Waals surface area contributed by atoms with Gasteiger partial charge in [-0.1, -0.05) is 0 Å². The number of hydrogen-bond donors (Lipinski definition) is 1. The highest BCUT2D eigenvalue weighted by atomic mass is 16.5. The molecule has 2 rings (SSSR count). The van der Waals surface area contributed by atoms with Crippen LogP contribution < -0.4 is 5.32 Å². The van der Waals surface area contributed by atoms with Crippen molar-refractivity contribution in [2.45, 2.75) is 31.4 Å². The van der Waals surface area contributed by atoms with Gasteiger partial charge in [-0.05, 0) is 19.8 Å². The zero-order valence-corrected chi connectivity index (χ0v) is 11.2. The zero-order valence-electron chi connectivity index (χ0n) is 11.2. The van der Waals surface area contributed by atoms with Gasteiger partial charge in [-0.15, -0.1) is 0 Å². The second kappa shape index (κ2) is 4.76. The van der Waals surface area contributed by atoms with Gasteiger partial charge in [0.1, 0.15) is 6.61 Å². The number of hydrogen-bond acceptors (Lipinski definition) is 3. The fraction of sp³-hybridized carbons (Fsp3) is 0.833. The molecule has 0 aromatic rings. The number of piperidine rings is 1. The molecule has 1 atom stereocenters. The summed E-state index contributed by atoms with van der Waals surface area (Å²) in [7, 11) is 3.51. The Hall–Kier alpha value is -1.30. The maximum atomic E-state index is 11.8. The smallest absolute Gasteiger partial charge is 0.319 e. The lowest BCUT2D eigenvalue weighted by Crippen LogP contribution is -2.63. The van der Waals surface area contributed by atoms with Gasteiger partial charge in [0.2, 0.25) is 5.91 Å². The normalized spacial score (nSPS) is 26.9. The van der Waals surface area contributed by atoms with Gasteiger partial charge < -0.3 is 19.9 Å². The molecule has 2 aliphatic rings. The molecular weight excluding hydrogens is 234 g/mol. The lowest BCUT2D eigenvalue weighted by molar-refractivity contribution is -0.158. The van der Waals surface area contributed by atoms with E-state index in [0.717, 1.165) is 12.8 Å². The van der Waals surface area contributed by atoms with Crippen LogP contribution in [-0.2, 0) is 9.53 Å². The van der Waals surface area contributed by atoms with Crippen LogP contribution in [-0.4, -0.2) is 67.2 Å². The molecule has 1 spiro atoms. The number of rotatable bonds is 0. The average molecular weight is 255 g/mol. The third-order valence-corrected chi connectivity index (χ3v) is 3.92. The Morgan fingerprint density at radius 1 is 1.44 bits per heavy atom. The first-order chi connectivity index (χ1) is 8.44. The first-order valence-electron chi connectivity index (χ1n) is 6.34. The van der Waals surface area contributed by atoms with Crippen molar-refractivity contribution in [3.05, 3.63) is 0 Å². The first kappa shape index (κ1) is 13.1. The summed E-state index contributed by atoms with van der Waals surface area (Å²) in [6.07, 6.45) is 1.54. The molecule has 18 heavy (non-hydrogen) atoms. The maximum absolute atomic E-state index is 11.8.